The second-order valence-electron chi connectivity index (χ2n) is 7.08. The zero-order chi connectivity index (χ0) is 20.1. The standard InChI is InChI=1S/C18H29N3O4S/c1-7-21(8-2)26(24,25)15-11-9-10-14(12-15)17(23)20(6)13-16(22)19-18(3,4)5/h9-12H,7-8,13H2,1-6H3,(H,19,22). The lowest BCUT2D eigenvalue weighted by Crippen LogP contribution is -2.46. The first-order valence-corrected chi connectivity index (χ1v) is 10.0. The molecule has 0 saturated heterocycles. The third-order valence-electron chi connectivity index (χ3n) is 3.67. The first-order valence-electron chi connectivity index (χ1n) is 8.59. The predicted octanol–water partition coefficient (Wildman–Crippen LogP) is 1.70. The quantitative estimate of drug-likeness (QED) is 0.776. The van der Waals surface area contributed by atoms with Crippen molar-refractivity contribution >= 4 is 21.8 Å². The number of hydrogen-bond acceptors (Lipinski definition) is 4. The van der Waals surface area contributed by atoms with Gasteiger partial charge in [-0.3, -0.25) is 9.59 Å². The Morgan fingerprint density at radius 2 is 1.69 bits per heavy atom. The minimum atomic E-state index is -3.65. The normalized spacial score (nSPS) is 12.1. The average Bonchev–Trinajstić information content (AvgIpc) is 2.53. The highest BCUT2D eigenvalue weighted by atomic mass is 32.2. The van der Waals surface area contributed by atoms with Gasteiger partial charge in [0.05, 0.1) is 11.4 Å². The van der Waals surface area contributed by atoms with Crippen LogP contribution in [0, 0.1) is 0 Å². The molecule has 146 valence electrons. The second kappa shape index (κ2) is 8.64. The van der Waals surface area contributed by atoms with Crippen LogP contribution in [0.4, 0.5) is 0 Å². The Bertz CT molecular complexity index is 750. The van der Waals surface area contributed by atoms with Gasteiger partial charge in [0.1, 0.15) is 0 Å². The smallest absolute Gasteiger partial charge is 0.254 e. The Morgan fingerprint density at radius 1 is 1.12 bits per heavy atom. The number of rotatable bonds is 7. The summed E-state index contributed by atoms with van der Waals surface area (Å²) in [5.74, 6) is -0.689. The molecular weight excluding hydrogens is 354 g/mol. The molecule has 0 aliphatic rings. The fourth-order valence-electron chi connectivity index (χ4n) is 2.47. The van der Waals surface area contributed by atoms with Crippen LogP contribution in [0.1, 0.15) is 45.0 Å². The molecule has 0 spiro atoms. The number of carbonyl (C=O) groups is 2. The number of nitrogens with one attached hydrogen (secondary N) is 1. The number of benzene rings is 1. The Hall–Kier alpha value is -1.93. The van der Waals surface area contributed by atoms with Gasteiger partial charge in [-0.25, -0.2) is 8.42 Å². The highest BCUT2D eigenvalue weighted by Gasteiger charge is 2.24. The van der Waals surface area contributed by atoms with Crippen molar-refractivity contribution in [3.8, 4) is 0 Å². The summed E-state index contributed by atoms with van der Waals surface area (Å²) in [7, 11) is -2.14. The molecule has 0 radical (unpaired) electrons. The van der Waals surface area contributed by atoms with Crippen LogP contribution in [0.15, 0.2) is 29.2 Å². The summed E-state index contributed by atoms with van der Waals surface area (Å²) in [5, 5.41) is 2.79. The minimum Gasteiger partial charge on any atom is -0.350 e. The first kappa shape index (κ1) is 22.1. The first-order chi connectivity index (χ1) is 11.9. The summed E-state index contributed by atoms with van der Waals surface area (Å²) >= 11 is 0. The van der Waals surface area contributed by atoms with Gasteiger partial charge in [-0.1, -0.05) is 19.9 Å². The van der Waals surface area contributed by atoms with Crippen LogP contribution in [-0.4, -0.2) is 61.7 Å². The average molecular weight is 384 g/mol. The van der Waals surface area contributed by atoms with E-state index in [-0.39, 0.29) is 22.9 Å². The molecule has 0 aliphatic heterocycles. The second-order valence-corrected chi connectivity index (χ2v) is 9.01. The van der Waals surface area contributed by atoms with Crippen molar-refractivity contribution in [1.82, 2.24) is 14.5 Å². The van der Waals surface area contributed by atoms with Crippen LogP contribution in [0.3, 0.4) is 0 Å². The van der Waals surface area contributed by atoms with Crippen LogP contribution in [0.2, 0.25) is 0 Å². The summed E-state index contributed by atoms with van der Waals surface area (Å²) in [6.07, 6.45) is 0. The summed E-state index contributed by atoms with van der Waals surface area (Å²) in [4.78, 5) is 25.9. The van der Waals surface area contributed by atoms with Gasteiger partial charge in [-0.05, 0) is 39.0 Å². The summed E-state index contributed by atoms with van der Waals surface area (Å²) in [5.41, 5.74) is -0.164. The number of carbonyl (C=O) groups excluding carboxylic acids is 2. The number of hydrogen-bond donors (Lipinski definition) is 1. The molecule has 7 nitrogen and oxygen atoms in total. The molecule has 1 rings (SSSR count). The highest BCUT2D eigenvalue weighted by molar-refractivity contribution is 7.89. The third-order valence-corrected chi connectivity index (χ3v) is 5.71. The maximum atomic E-state index is 12.6. The lowest BCUT2D eigenvalue weighted by Gasteiger charge is -2.23. The van der Waals surface area contributed by atoms with Gasteiger partial charge < -0.3 is 10.2 Å². The van der Waals surface area contributed by atoms with E-state index >= 15 is 0 Å². The Labute approximate surface area is 156 Å². The van der Waals surface area contributed by atoms with E-state index in [1.54, 1.807) is 19.9 Å². The van der Waals surface area contributed by atoms with Crippen molar-refractivity contribution in [2.75, 3.05) is 26.7 Å². The Balaban J connectivity index is 3.00. The minimum absolute atomic E-state index is 0.0691. The van der Waals surface area contributed by atoms with E-state index in [1.807, 2.05) is 20.8 Å². The molecular formula is C18H29N3O4S. The largest absolute Gasteiger partial charge is 0.350 e. The van der Waals surface area contributed by atoms with Crippen LogP contribution < -0.4 is 5.32 Å². The number of nitrogens with zero attached hydrogens (tertiary/aromatic N) is 2. The van der Waals surface area contributed by atoms with E-state index in [4.69, 9.17) is 0 Å². The van der Waals surface area contributed by atoms with Gasteiger partial charge in [0.15, 0.2) is 0 Å². The van der Waals surface area contributed by atoms with E-state index in [0.29, 0.717) is 13.1 Å². The molecule has 0 fully saturated rings. The molecule has 0 atom stereocenters. The molecule has 0 aromatic heterocycles. The summed E-state index contributed by atoms with van der Waals surface area (Å²) in [6.45, 7) is 9.68. The zero-order valence-electron chi connectivity index (χ0n) is 16.4. The molecule has 0 aliphatic carbocycles. The Morgan fingerprint density at radius 3 is 2.19 bits per heavy atom. The van der Waals surface area contributed by atoms with Crippen molar-refractivity contribution in [2.24, 2.45) is 0 Å². The molecule has 1 aromatic carbocycles. The van der Waals surface area contributed by atoms with Crippen LogP contribution in [0.25, 0.3) is 0 Å². The summed E-state index contributed by atoms with van der Waals surface area (Å²) < 4.78 is 26.6. The van der Waals surface area contributed by atoms with Gasteiger partial charge in [0.25, 0.3) is 5.91 Å². The van der Waals surface area contributed by atoms with E-state index < -0.39 is 21.5 Å². The lowest BCUT2D eigenvalue weighted by atomic mass is 10.1. The fraction of sp³-hybridized carbons (Fsp3) is 0.556. The van der Waals surface area contributed by atoms with Crippen molar-refractivity contribution < 1.29 is 18.0 Å². The van der Waals surface area contributed by atoms with Crippen molar-refractivity contribution in [3.63, 3.8) is 0 Å². The molecule has 0 bridgehead atoms. The molecule has 1 N–H and O–H groups in total. The number of sulfonamides is 1. The van der Waals surface area contributed by atoms with E-state index in [9.17, 15) is 18.0 Å². The maximum absolute atomic E-state index is 12.6. The Kier molecular flexibility index (Phi) is 7.35. The van der Waals surface area contributed by atoms with Crippen LogP contribution in [-0.2, 0) is 14.8 Å². The molecule has 8 heteroatoms. The van der Waals surface area contributed by atoms with E-state index in [1.165, 1.54) is 34.5 Å². The van der Waals surface area contributed by atoms with Gasteiger partial charge in [0.2, 0.25) is 15.9 Å². The molecule has 0 saturated carbocycles. The fourth-order valence-corrected chi connectivity index (χ4v) is 3.97. The van der Waals surface area contributed by atoms with Crippen LogP contribution >= 0.6 is 0 Å². The topological polar surface area (TPSA) is 86.8 Å². The number of likely N-dealkylation sites (N-methyl/N-ethyl adjacent to an activating group) is 1. The summed E-state index contributed by atoms with van der Waals surface area (Å²) in [6, 6.07) is 5.90. The van der Waals surface area contributed by atoms with Crippen molar-refractivity contribution in [1.29, 1.82) is 0 Å². The highest BCUT2D eigenvalue weighted by Crippen LogP contribution is 2.17. The molecule has 0 heterocycles. The van der Waals surface area contributed by atoms with Crippen molar-refractivity contribution in [3.05, 3.63) is 29.8 Å². The van der Waals surface area contributed by atoms with Gasteiger partial charge in [0, 0.05) is 31.2 Å². The zero-order valence-corrected chi connectivity index (χ0v) is 17.2. The lowest BCUT2D eigenvalue weighted by molar-refractivity contribution is -0.122. The van der Waals surface area contributed by atoms with Crippen LogP contribution in [0.5, 0.6) is 0 Å². The van der Waals surface area contributed by atoms with Crippen molar-refractivity contribution in [2.45, 2.75) is 45.1 Å². The number of amides is 2. The van der Waals surface area contributed by atoms with Gasteiger partial charge in [-0.2, -0.15) is 4.31 Å². The van der Waals surface area contributed by atoms with E-state index in [2.05, 4.69) is 5.32 Å². The maximum Gasteiger partial charge on any atom is 0.254 e. The molecule has 2 amide bonds. The SMILES string of the molecule is CCN(CC)S(=O)(=O)c1cccc(C(=O)N(C)CC(=O)NC(C)(C)C)c1. The molecule has 0 unspecified atom stereocenters. The van der Waals surface area contributed by atoms with Gasteiger partial charge >= 0.3 is 0 Å². The molecule has 26 heavy (non-hydrogen) atoms. The van der Waals surface area contributed by atoms with Gasteiger partial charge in [-0.15, -0.1) is 0 Å². The van der Waals surface area contributed by atoms with E-state index in [0.717, 1.165) is 0 Å². The predicted molar refractivity (Wildman–Crippen MR) is 101 cm³/mol. The molecule has 1 aromatic rings. The third kappa shape index (κ3) is 5.81. The monoisotopic (exact) mass is 383 g/mol.